The van der Waals surface area contributed by atoms with Crippen LogP contribution in [0.15, 0.2) is 27.7 Å². The van der Waals surface area contributed by atoms with Gasteiger partial charge in [0.25, 0.3) is 5.91 Å². The molecule has 0 aliphatic carbocycles. The van der Waals surface area contributed by atoms with E-state index < -0.39 is 0 Å². The third-order valence-corrected chi connectivity index (χ3v) is 5.47. The predicted molar refractivity (Wildman–Crippen MR) is 121 cm³/mol. The zero-order valence-electron chi connectivity index (χ0n) is 16.0. The van der Waals surface area contributed by atoms with Gasteiger partial charge >= 0.3 is 0 Å². The van der Waals surface area contributed by atoms with Gasteiger partial charge in [0, 0.05) is 39.3 Å². The van der Waals surface area contributed by atoms with E-state index in [-0.39, 0.29) is 41.8 Å². The minimum Gasteiger partial charge on any atom is -0.368 e. The minimum atomic E-state index is -0.283. The Balaban J connectivity index is 0.00000280. The second-order valence-electron chi connectivity index (χ2n) is 6.73. The first-order valence-corrected chi connectivity index (χ1v) is 10.3. The number of amides is 1. The summed E-state index contributed by atoms with van der Waals surface area (Å²) in [5.74, 6) is 0.624. The minimum absolute atomic E-state index is 0. The van der Waals surface area contributed by atoms with Crippen molar-refractivity contribution in [3.63, 3.8) is 0 Å². The van der Waals surface area contributed by atoms with Crippen molar-refractivity contribution in [3.8, 4) is 0 Å². The van der Waals surface area contributed by atoms with Crippen LogP contribution in [0.4, 0.5) is 4.39 Å². The number of carbonyl (C=O) groups is 1. The molecule has 0 aromatic heterocycles. The molecule has 0 saturated carbocycles. The highest BCUT2D eigenvalue weighted by Gasteiger charge is 2.30. The van der Waals surface area contributed by atoms with E-state index in [1.807, 2.05) is 17.9 Å². The van der Waals surface area contributed by atoms with Crippen molar-refractivity contribution in [3.05, 3.63) is 34.1 Å². The molecule has 1 aromatic carbocycles. The number of guanidine groups is 1. The van der Waals surface area contributed by atoms with Crippen LogP contribution in [0, 0.1) is 5.82 Å². The van der Waals surface area contributed by atoms with Crippen molar-refractivity contribution in [1.29, 1.82) is 0 Å². The SMILES string of the molecule is CCNC(=NCc1ccc(Br)c(F)c1)N1CCN(C(=O)C2CCCO2)CC1.I. The van der Waals surface area contributed by atoms with Crippen molar-refractivity contribution in [1.82, 2.24) is 15.1 Å². The van der Waals surface area contributed by atoms with Gasteiger partial charge in [0.15, 0.2) is 5.96 Å². The van der Waals surface area contributed by atoms with E-state index in [0.29, 0.717) is 30.7 Å². The molecule has 3 rings (SSSR count). The fourth-order valence-corrected chi connectivity index (χ4v) is 3.59. The van der Waals surface area contributed by atoms with Crippen LogP contribution < -0.4 is 5.32 Å². The maximum Gasteiger partial charge on any atom is 0.251 e. The molecule has 2 aliphatic rings. The van der Waals surface area contributed by atoms with Crippen molar-refractivity contribution in [2.75, 3.05) is 39.3 Å². The average molecular weight is 569 g/mol. The standard InChI is InChI=1S/C19H26BrFN4O2.HI/c1-2-22-19(23-13-14-5-6-15(20)16(21)12-14)25-9-7-24(8-10-25)18(26)17-4-3-11-27-17;/h5-6,12,17H,2-4,7-11,13H2,1H3,(H,22,23);1H. The van der Waals surface area contributed by atoms with Crippen LogP contribution in [-0.4, -0.2) is 67.1 Å². The van der Waals surface area contributed by atoms with Gasteiger partial charge in [-0.1, -0.05) is 6.07 Å². The molecule has 6 nitrogen and oxygen atoms in total. The topological polar surface area (TPSA) is 57.2 Å². The molecule has 2 heterocycles. The lowest BCUT2D eigenvalue weighted by atomic mass is 10.2. The Morgan fingerprint density at radius 1 is 1.32 bits per heavy atom. The number of ether oxygens (including phenoxy) is 1. The molecule has 0 bridgehead atoms. The quantitative estimate of drug-likeness (QED) is 0.345. The molecule has 2 saturated heterocycles. The molecule has 1 aromatic rings. The molecule has 1 unspecified atom stereocenters. The zero-order chi connectivity index (χ0) is 19.2. The first-order valence-electron chi connectivity index (χ1n) is 9.46. The molecule has 0 radical (unpaired) electrons. The molecule has 1 amide bonds. The normalized spacial score (nSPS) is 20.1. The van der Waals surface area contributed by atoms with E-state index in [0.717, 1.165) is 44.0 Å². The summed E-state index contributed by atoms with van der Waals surface area (Å²) in [4.78, 5) is 21.2. The van der Waals surface area contributed by atoms with Gasteiger partial charge in [-0.2, -0.15) is 0 Å². The second kappa shape index (κ2) is 11.3. The smallest absolute Gasteiger partial charge is 0.251 e. The highest BCUT2D eigenvalue weighted by molar-refractivity contribution is 14.0. The van der Waals surface area contributed by atoms with Crippen LogP contribution >= 0.6 is 39.9 Å². The third-order valence-electron chi connectivity index (χ3n) is 4.83. The maximum absolute atomic E-state index is 13.7. The van der Waals surface area contributed by atoms with Crippen molar-refractivity contribution >= 4 is 51.8 Å². The number of nitrogens with zero attached hydrogens (tertiary/aromatic N) is 3. The van der Waals surface area contributed by atoms with Gasteiger partial charge in [0.2, 0.25) is 0 Å². The fraction of sp³-hybridized carbons (Fsp3) is 0.579. The van der Waals surface area contributed by atoms with Gasteiger partial charge < -0.3 is 19.9 Å². The van der Waals surface area contributed by atoms with Gasteiger partial charge in [-0.15, -0.1) is 24.0 Å². The van der Waals surface area contributed by atoms with Crippen molar-refractivity contribution < 1.29 is 13.9 Å². The molecule has 1 atom stereocenters. The Hall–Kier alpha value is -0.940. The number of hydrogen-bond acceptors (Lipinski definition) is 3. The summed E-state index contributed by atoms with van der Waals surface area (Å²) in [7, 11) is 0. The lowest BCUT2D eigenvalue weighted by Gasteiger charge is -2.37. The number of rotatable bonds is 4. The Bertz CT molecular complexity index is 693. The molecular weight excluding hydrogens is 542 g/mol. The third kappa shape index (κ3) is 6.03. The van der Waals surface area contributed by atoms with Crippen LogP contribution in [0.5, 0.6) is 0 Å². The monoisotopic (exact) mass is 568 g/mol. The fourth-order valence-electron chi connectivity index (χ4n) is 3.34. The predicted octanol–water partition coefficient (Wildman–Crippen LogP) is 2.99. The maximum atomic E-state index is 13.7. The number of carbonyl (C=O) groups excluding carboxylic acids is 1. The molecule has 2 aliphatic heterocycles. The summed E-state index contributed by atoms with van der Waals surface area (Å²) in [6, 6.07) is 5.05. The molecule has 1 N–H and O–H groups in total. The summed E-state index contributed by atoms with van der Waals surface area (Å²) < 4.78 is 19.6. The Morgan fingerprint density at radius 2 is 2.04 bits per heavy atom. The molecule has 0 spiro atoms. The average Bonchev–Trinajstić information content (AvgIpc) is 3.22. The van der Waals surface area contributed by atoms with E-state index in [1.165, 1.54) is 6.07 Å². The van der Waals surface area contributed by atoms with E-state index >= 15 is 0 Å². The Labute approximate surface area is 191 Å². The van der Waals surface area contributed by atoms with E-state index in [9.17, 15) is 9.18 Å². The molecular formula is C19H27BrFIN4O2. The number of hydrogen-bond donors (Lipinski definition) is 1. The Morgan fingerprint density at radius 3 is 2.64 bits per heavy atom. The van der Waals surface area contributed by atoms with E-state index in [1.54, 1.807) is 6.07 Å². The Kier molecular flexibility index (Phi) is 9.42. The number of piperazine rings is 1. The van der Waals surface area contributed by atoms with Gasteiger partial charge in [-0.05, 0) is 53.4 Å². The molecule has 28 heavy (non-hydrogen) atoms. The molecule has 2 fully saturated rings. The van der Waals surface area contributed by atoms with Gasteiger partial charge in [0.05, 0.1) is 11.0 Å². The summed E-state index contributed by atoms with van der Waals surface area (Å²) in [6.07, 6.45) is 1.53. The van der Waals surface area contributed by atoms with Gasteiger partial charge in [0.1, 0.15) is 11.9 Å². The van der Waals surface area contributed by atoms with Crippen LogP contribution in [0.25, 0.3) is 0 Å². The van der Waals surface area contributed by atoms with E-state index in [2.05, 4.69) is 31.1 Å². The second-order valence-corrected chi connectivity index (χ2v) is 7.59. The number of nitrogens with one attached hydrogen (secondary N) is 1. The number of benzene rings is 1. The molecule has 9 heteroatoms. The summed E-state index contributed by atoms with van der Waals surface area (Å²) in [5, 5.41) is 3.29. The highest BCUT2D eigenvalue weighted by Crippen LogP contribution is 2.18. The van der Waals surface area contributed by atoms with Crippen LogP contribution in [-0.2, 0) is 16.1 Å². The summed E-state index contributed by atoms with van der Waals surface area (Å²) in [5.41, 5.74) is 0.818. The van der Waals surface area contributed by atoms with Crippen LogP contribution in [0.1, 0.15) is 25.3 Å². The van der Waals surface area contributed by atoms with E-state index in [4.69, 9.17) is 4.74 Å². The van der Waals surface area contributed by atoms with Gasteiger partial charge in [-0.3, -0.25) is 4.79 Å². The number of halogens is 3. The summed E-state index contributed by atoms with van der Waals surface area (Å²) >= 11 is 3.17. The lowest BCUT2D eigenvalue weighted by molar-refractivity contribution is -0.142. The zero-order valence-corrected chi connectivity index (χ0v) is 19.9. The van der Waals surface area contributed by atoms with Crippen molar-refractivity contribution in [2.45, 2.75) is 32.4 Å². The summed E-state index contributed by atoms with van der Waals surface area (Å²) in [6.45, 7) is 6.63. The highest BCUT2D eigenvalue weighted by atomic mass is 127. The van der Waals surface area contributed by atoms with Crippen LogP contribution in [0.3, 0.4) is 0 Å². The lowest BCUT2D eigenvalue weighted by Crippen LogP contribution is -2.55. The number of aliphatic imine (C=N–C) groups is 1. The molecule has 156 valence electrons. The van der Waals surface area contributed by atoms with Crippen molar-refractivity contribution in [2.24, 2.45) is 4.99 Å². The first kappa shape index (κ1) is 23.3. The first-order chi connectivity index (χ1) is 13.1. The largest absolute Gasteiger partial charge is 0.368 e. The van der Waals surface area contributed by atoms with Gasteiger partial charge in [-0.25, -0.2) is 9.38 Å². The van der Waals surface area contributed by atoms with Crippen LogP contribution in [0.2, 0.25) is 0 Å².